The van der Waals surface area contributed by atoms with E-state index in [1.165, 1.54) is 12.1 Å². The van der Waals surface area contributed by atoms with Gasteiger partial charge in [0, 0.05) is 19.3 Å². The summed E-state index contributed by atoms with van der Waals surface area (Å²) in [6.45, 7) is -2.10. The molecule has 18 heavy (non-hydrogen) atoms. The van der Waals surface area contributed by atoms with Gasteiger partial charge >= 0.3 is 6.61 Å². The summed E-state index contributed by atoms with van der Waals surface area (Å²) < 4.78 is 28.2. The van der Waals surface area contributed by atoms with Crippen molar-refractivity contribution >= 4 is 11.6 Å². The fraction of sp³-hybridized carbons (Fsp3) is 0.417. The molecule has 98 valence electrons. The number of nitrogens with one attached hydrogen (secondary N) is 1. The lowest BCUT2D eigenvalue weighted by molar-refractivity contribution is -0.127. The number of amides is 1. The van der Waals surface area contributed by atoms with E-state index < -0.39 is 6.61 Å². The van der Waals surface area contributed by atoms with Crippen molar-refractivity contribution in [3.05, 3.63) is 24.3 Å². The van der Waals surface area contributed by atoms with Gasteiger partial charge in [-0.3, -0.25) is 4.79 Å². The number of benzene rings is 1. The number of ether oxygens (including phenoxy) is 1. The predicted octanol–water partition coefficient (Wildman–Crippen LogP) is 1.93. The summed E-state index contributed by atoms with van der Waals surface area (Å²) in [4.78, 5) is 13.3. The molecule has 6 heteroatoms. The second-order valence-electron chi connectivity index (χ2n) is 4.15. The molecule has 0 radical (unpaired) electrons. The summed E-state index contributed by atoms with van der Waals surface area (Å²) in [7, 11) is 1.75. The lowest BCUT2D eigenvalue weighted by Gasteiger charge is -2.13. The highest BCUT2D eigenvalue weighted by Crippen LogP contribution is 2.20. The number of carbonyl (C=O) groups excluding carboxylic acids is 1. The average molecular weight is 256 g/mol. The second kappa shape index (κ2) is 5.20. The number of carbonyl (C=O) groups is 1. The highest BCUT2D eigenvalue weighted by atomic mass is 19.3. The first-order chi connectivity index (χ1) is 8.56. The van der Waals surface area contributed by atoms with Crippen molar-refractivity contribution in [1.82, 2.24) is 4.90 Å². The zero-order valence-corrected chi connectivity index (χ0v) is 9.90. The van der Waals surface area contributed by atoms with Gasteiger partial charge in [-0.2, -0.15) is 8.78 Å². The van der Waals surface area contributed by atoms with Crippen molar-refractivity contribution in [2.24, 2.45) is 0 Å². The maximum absolute atomic E-state index is 12.0. The largest absolute Gasteiger partial charge is 0.435 e. The van der Waals surface area contributed by atoms with Gasteiger partial charge in [0.2, 0.25) is 5.91 Å². The number of anilines is 1. The Balaban J connectivity index is 1.96. The Hall–Kier alpha value is -1.85. The number of halogens is 2. The molecular formula is C12H14F2N2O2. The van der Waals surface area contributed by atoms with Gasteiger partial charge in [0.05, 0.1) is 0 Å². The molecule has 0 aromatic heterocycles. The molecule has 1 aliphatic rings. The summed E-state index contributed by atoms with van der Waals surface area (Å²) in [5.74, 6) is 0.147. The van der Waals surface area contributed by atoms with Gasteiger partial charge in [0.25, 0.3) is 0 Å². The SMILES string of the molecule is CN1CCC(Nc2ccc(OC(F)F)cc2)C1=O. The molecule has 4 nitrogen and oxygen atoms in total. The molecule has 1 aliphatic heterocycles. The second-order valence-corrected chi connectivity index (χ2v) is 4.15. The first-order valence-electron chi connectivity index (χ1n) is 5.62. The fourth-order valence-electron chi connectivity index (χ4n) is 1.89. The van der Waals surface area contributed by atoms with Crippen LogP contribution >= 0.6 is 0 Å². The highest BCUT2D eigenvalue weighted by Gasteiger charge is 2.28. The number of likely N-dealkylation sites (N-methyl/N-ethyl adjacent to an activating group) is 1. The number of hydrogen-bond donors (Lipinski definition) is 1. The summed E-state index contributed by atoms with van der Waals surface area (Å²) >= 11 is 0. The zero-order chi connectivity index (χ0) is 13.1. The van der Waals surface area contributed by atoms with Gasteiger partial charge < -0.3 is 15.0 Å². The average Bonchev–Trinajstić information content (AvgIpc) is 2.63. The van der Waals surface area contributed by atoms with Crippen molar-refractivity contribution in [3.8, 4) is 5.75 Å². The van der Waals surface area contributed by atoms with E-state index in [1.54, 1.807) is 24.1 Å². The van der Waals surface area contributed by atoms with Gasteiger partial charge in [0.1, 0.15) is 11.8 Å². The van der Waals surface area contributed by atoms with E-state index in [-0.39, 0.29) is 17.7 Å². The van der Waals surface area contributed by atoms with Gasteiger partial charge in [-0.15, -0.1) is 0 Å². The third kappa shape index (κ3) is 2.88. The van der Waals surface area contributed by atoms with E-state index in [9.17, 15) is 13.6 Å². The molecule has 0 aliphatic carbocycles. The van der Waals surface area contributed by atoms with Crippen molar-refractivity contribution in [1.29, 1.82) is 0 Å². The summed E-state index contributed by atoms with van der Waals surface area (Å²) in [5.41, 5.74) is 0.713. The quantitative estimate of drug-likeness (QED) is 0.895. The van der Waals surface area contributed by atoms with Crippen LogP contribution in [-0.2, 0) is 4.79 Å². The molecular weight excluding hydrogens is 242 g/mol. The maximum Gasteiger partial charge on any atom is 0.387 e. The topological polar surface area (TPSA) is 41.6 Å². The normalized spacial score (nSPS) is 19.4. The zero-order valence-electron chi connectivity index (χ0n) is 9.90. The summed E-state index contributed by atoms with van der Waals surface area (Å²) in [5, 5.41) is 3.07. The minimum absolute atomic E-state index is 0.0444. The smallest absolute Gasteiger partial charge is 0.387 e. The third-order valence-electron chi connectivity index (χ3n) is 2.85. The third-order valence-corrected chi connectivity index (χ3v) is 2.85. The van der Waals surface area contributed by atoms with Crippen molar-refractivity contribution in [3.63, 3.8) is 0 Å². The number of likely N-dealkylation sites (tertiary alicyclic amines) is 1. The molecule has 1 unspecified atom stereocenters. The molecule has 0 saturated carbocycles. The van der Waals surface area contributed by atoms with Gasteiger partial charge in [-0.1, -0.05) is 0 Å². The number of alkyl halides is 2. The first kappa shape index (κ1) is 12.6. The molecule has 1 aromatic rings. The number of nitrogens with zero attached hydrogens (tertiary/aromatic N) is 1. The van der Waals surface area contributed by atoms with E-state index in [0.29, 0.717) is 5.69 Å². The van der Waals surface area contributed by atoms with Crippen LogP contribution < -0.4 is 10.1 Å². The molecule has 1 fully saturated rings. The molecule has 1 amide bonds. The first-order valence-corrected chi connectivity index (χ1v) is 5.62. The van der Waals surface area contributed by atoms with Crippen LogP contribution in [0.2, 0.25) is 0 Å². The maximum atomic E-state index is 12.0. The molecule has 1 aromatic carbocycles. The van der Waals surface area contributed by atoms with E-state index in [4.69, 9.17) is 0 Å². The van der Waals surface area contributed by atoms with Crippen molar-refractivity contribution in [2.45, 2.75) is 19.1 Å². The van der Waals surface area contributed by atoms with E-state index in [1.807, 2.05) is 0 Å². The standard InChI is InChI=1S/C12H14F2N2O2/c1-16-7-6-10(11(16)17)15-8-2-4-9(5-3-8)18-12(13)14/h2-5,10,12,15H,6-7H2,1H3. The van der Waals surface area contributed by atoms with E-state index in [0.717, 1.165) is 13.0 Å². The van der Waals surface area contributed by atoms with E-state index >= 15 is 0 Å². The molecule has 1 atom stereocenters. The fourth-order valence-corrected chi connectivity index (χ4v) is 1.89. The Morgan fingerprint density at radius 3 is 2.56 bits per heavy atom. The minimum atomic E-state index is -2.83. The summed E-state index contributed by atoms with van der Waals surface area (Å²) in [6.07, 6.45) is 0.741. The monoisotopic (exact) mass is 256 g/mol. The van der Waals surface area contributed by atoms with Crippen LogP contribution in [0.1, 0.15) is 6.42 Å². The Bertz CT molecular complexity index is 423. The Kier molecular flexibility index (Phi) is 3.64. The van der Waals surface area contributed by atoms with Crippen LogP contribution in [0.5, 0.6) is 5.75 Å². The van der Waals surface area contributed by atoms with Crippen LogP contribution in [0, 0.1) is 0 Å². The predicted molar refractivity (Wildman–Crippen MR) is 62.7 cm³/mol. The number of rotatable bonds is 4. The molecule has 1 heterocycles. The lowest BCUT2D eigenvalue weighted by Crippen LogP contribution is -2.30. The van der Waals surface area contributed by atoms with Gasteiger partial charge in [0.15, 0.2) is 0 Å². The van der Waals surface area contributed by atoms with Crippen LogP contribution in [0.25, 0.3) is 0 Å². The molecule has 2 rings (SSSR count). The number of hydrogen-bond acceptors (Lipinski definition) is 3. The van der Waals surface area contributed by atoms with Crippen LogP contribution in [0.15, 0.2) is 24.3 Å². The van der Waals surface area contributed by atoms with Crippen LogP contribution in [0.4, 0.5) is 14.5 Å². The summed E-state index contributed by atoms with van der Waals surface area (Å²) in [6, 6.07) is 5.87. The molecule has 1 N–H and O–H groups in total. The van der Waals surface area contributed by atoms with Crippen LogP contribution in [0.3, 0.4) is 0 Å². The van der Waals surface area contributed by atoms with Crippen molar-refractivity contribution in [2.75, 3.05) is 18.9 Å². The molecule has 0 spiro atoms. The Labute approximate surface area is 104 Å². The Morgan fingerprint density at radius 1 is 1.39 bits per heavy atom. The Morgan fingerprint density at radius 2 is 2.06 bits per heavy atom. The van der Waals surface area contributed by atoms with Gasteiger partial charge in [-0.05, 0) is 30.7 Å². The highest BCUT2D eigenvalue weighted by molar-refractivity contribution is 5.86. The molecule has 0 bridgehead atoms. The molecule has 1 saturated heterocycles. The van der Waals surface area contributed by atoms with E-state index in [2.05, 4.69) is 10.1 Å². The minimum Gasteiger partial charge on any atom is -0.435 e. The van der Waals surface area contributed by atoms with Gasteiger partial charge in [-0.25, -0.2) is 0 Å². The van der Waals surface area contributed by atoms with Crippen molar-refractivity contribution < 1.29 is 18.3 Å². The van der Waals surface area contributed by atoms with Crippen LogP contribution in [-0.4, -0.2) is 37.1 Å². The lowest BCUT2D eigenvalue weighted by atomic mass is 10.2.